The summed E-state index contributed by atoms with van der Waals surface area (Å²) in [5, 5.41) is 3.56. The normalized spacial score (nSPS) is 14.0. The molecule has 1 fully saturated rings. The van der Waals surface area contributed by atoms with Gasteiger partial charge in [-0.25, -0.2) is 9.97 Å². The van der Waals surface area contributed by atoms with E-state index in [-0.39, 0.29) is 5.91 Å². The lowest BCUT2D eigenvalue weighted by Crippen LogP contribution is -2.44. The topological polar surface area (TPSA) is 73.8 Å². The summed E-state index contributed by atoms with van der Waals surface area (Å²) in [5.74, 6) is 1.90. The minimum Gasteiger partial charge on any atom is -0.454 e. The molecule has 35 heavy (non-hydrogen) atoms. The molecule has 1 aliphatic heterocycles. The third-order valence-corrected chi connectivity index (χ3v) is 6.76. The minimum atomic E-state index is -0.0703. The molecule has 8 nitrogen and oxygen atoms in total. The highest BCUT2D eigenvalue weighted by Crippen LogP contribution is 2.38. The van der Waals surface area contributed by atoms with Crippen molar-refractivity contribution in [3.05, 3.63) is 54.9 Å². The zero-order valence-corrected chi connectivity index (χ0v) is 21.5. The molecule has 0 radical (unpaired) electrons. The van der Waals surface area contributed by atoms with Crippen molar-refractivity contribution >= 4 is 34.9 Å². The van der Waals surface area contributed by atoms with E-state index in [2.05, 4.69) is 33.2 Å². The fraction of sp³-hybridized carbons (Fsp3) is 0.346. The van der Waals surface area contributed by atoms with Crippen LogP contribution in [0, 0.1) is 0 Å². The summed E-state index contributed by atoms with van der Waals surface area (Å²) in [7, 11) is 6.16. The summed E-state index contributed by atoms with van der Waals surface area (Å²) in [6, 6.07) is 13.8. The molecule has 9 heteroatoms. The summed E-state index contributed by atoms with van der Waals surface area (Å²) >= 11 is 1.48. The molecule has 1 saturated heterocycles. The summed E-state index contributed by atoms with van der Waals surface area (Å²) in [5.41, 5.74) is 2.11. The highest BCUT2D eigenvalue weighted by atomic mass is 32.2. The first-order chi connectivity index (χ1) is 16.9. The van der Waals surface area contributed by atoms with Crippen LogP contribution in [-0.2, 0) is 4.79 Å². The van der Waals surface area contributed by atoms with Crippen molar-refractivity contribution in [2.75, 3.05) is 62.4 Å². The Bertz CT molecular complexity index is 1160. The largest absolute Gasteiger partial charge is 0.454 e. The summed E-state index contributed by atoms with van der Waals surface area (Å²) in [6.07, 6.45) is 4.00. The number of rotatable bonds is 8. The number of pyridine rings is 2. The molecular formula is C26H32N6O2S. The highest BCUT2D eigenvalue weighted by Gasteiger charge is 2.18. The fourth-order valence-electron chi connectivity index (χ4n) is 3.65. The van der Waals surface area contributed by atoms with Crippen molar-refractivity contribution in [1.82, 2.24) is 14.9 Å². The van der Waals surface area contributed by atoms with Crippen molar-refractivity contribution < 1.29 is 9.53 Å². The molecule has 0 saturated carbocycles. The van der Waals surface area contributed by atoms with Crippen LogP contribution in [0.25, 0.3) is 0 Å². The number of amides is 1. The van der Waals surface area contributed by atoms with Gasteiger partial charge in [0, 0.05) is 75.6 Å². The number of anilines is 3. The molecule has 1 amide bonds. The monoisotopic (exact) mass is 492 g/mol. The predicted octanol–water partition coefficient (Wildman–Crippen LogP) is 4.59. The molecule has 2 aromatic heterocycles. The second-order valence-electron chi connectivity index (χ2n) is 8.66. The van der Waals surface area contributed by atoms with E-state index in [1.807, 2.05) is 68.5 Å². The van der Waals surface area contributed by atoms with Gasteiger partial charge in [-0.2, -0.15) is 0 Å². The molecule has 4 rings (SSSR count). The first kappa shape index (κ1) is 24.8. The van der Waals surface area contributed by atoms with Crippen LogP contribution in [0.5, 0.6) is 11.5 Å². The molecule has 1 aliphatic rings. The van der Waals surface area contributed by atoms with Crippen LogP contribution in [-0.4, -0.2) is 68.1 Å². The zero-order chi connectivity index (χ0) is 24.8. The Kier molecular flexibility index (Phi) is 8.09. The van der Waals surface area contributed by atoms with E-state index in [4.69, 9.17) is 9.72 Å². The number of benzene rings is 1. The molecule has 1 aromatic carbocycles. The summed E-state index contributed by atoms with van der Waals surface area (Å²) in [4.78, 5) is 28.5. The number of nitrogens with zero attached hydrogens (tertiary/aromatic N) is 5. The Morgan fingerprint density at radius 1 is 1.11 bits per heavy atom. The van der Waals surface area contributed by atoms with Crippen molar-refractivity contribution in [2.45, 2.75) is 23.3 Å². The Balaban J connectivity index is 1.63. The number of likely N-dealkylation sites (N-methyl/N-ethyl adjacent to an activating group) is 1. The zero-order valence-electron chi connectivity index (χ0n) is 20.7. The predicted molar refractivity (Wildman–Crippen MR) is 142 cm³/mol. The van der Waals surface area contributed by atoms with Gasteiger partial charge in [-0.15, -0.1) is 0 Å². The number of carbonyl (C=O) groups excluding carboxylic acids is 1. The smallest absolute Gasteiger partial charge is 0.225 e. The van der Waals surface area contributed by atoms with E-state index < -0.39 is 0 Å². The molecule has 1 N–H and O–H groups in total. The maximum atomic E-state index is 11.8. The number of carbonyl (C=O) groups is 1. The van der Waals surface area contributed by atoms with Gasteiger partial charge in [-0.3, -0.25) is 4.79 Å². The van der Waals surface area contributed by atoms with Gasteiger partial charge in [0.05, 0.1) is 11.9 Å². The number of piperazine rings is 1. The molecule has 3 heterocycles. The highest BCUT2D eigenvalue weighted by molar-refractivity contribution is 7.99. The molecule has 0 unspecified atom stereocenters. The van der Waals surface area contributed by atoms with E-state index >= 15 is 0 Å². The van der Waals surface area contributed by atoms with Crippen LogP contribution >= 0.6 is 11.8 Å². The summed E-state index contributed by atoms with van der Waals surface area (Å²) < 4.78 is 6.40. The van der Waals surface area contributed by atoms with Crippen molar-refractivity contribution in [1.29, 1.82) is 0 Å². The summed E-state index contributed by atoms with van der Waals surface area (Å²) in [6.45, 7) is 5.74. The second-order valence-corrected chi connectivity index (χ2v) is 9.72. The lowest BCUT2D eigenvalue weighted by atomic mass is 10.2. The maximum absolute atomic E-state index is 11.8. The van der Waals surface area contributed by atoms with Gasteiger partial charge in [0.2, 0.25) is 5.91 Å². The number of hydrogen-bond donors (Lipinski definition) is 1. The Hall–Kier alpha value is -3.30. The van der Waals surface area contributed by atoms with E-state index in [1.54, 1.807) is 6.20 Å². The molecule has 0 atom stereocenters. The van der Waals surface area contributed by atoms with Crippen molar-refractivity contribution in [3.8, 4) is 11.5 Å². The third kappa shape index (κ3) is 6.64. The van der Waals surface area contributed by atoms with Gasteiger partial charge in [0.1, 0.15) is 16.6 Å². The van der Waals surface area contributed by atoms with Crippen LogP contribution in [0.4, 0.5) is 17.2 Å². The van der Waals surface area contributed by atoms with E-state index in [1.165, 1.54) is 11.8 Å². The number of ether oxygens (including phenoxy) is 1. The van der Waals surface area contributed by atoms with E-state index in [0.29, 0.717) is 18.0 Å². The first-order valence-electron chi connectivity index (χ1n) is 11.7. The van der Waals surface area contributed by atoms with Crippen molar-refractivity contribution in [2.24, 2.45) is 0 Å². The van der Waals surface area contributed by atoms with Gasteiger partial charge in [0.15, 0.2) is 5.75 Å². The SMILES string of the molecule is CCC(=O)Nc1cc(Sc2ncc(N3CCN(C)CC3)cc2Oc2cccc(N(C)C)c2)ccn1. The van der Waals surface area contributed by atoms with Gasteiger partial charge < -0.3 is 24.8 Å². The fourth-order valence-corrected chi connectivity index (χ4v) is 4.48. The molecular weight excluding hydrogens is 460 g/mol. The van der Waals surface area contributed by atoms with Crippen LogP contribution < -0.4 is 19.9 Å². The lowest BCUT2D eigenvalue weighted by molar-refractivity contribution is -0.115. The quantitative estimate of drug-likeness (QED) is 0.490. The molecule has 0 aliphatic carbocycles. The Morgan fingerprint density at radius 3 is 2.66 bits per heavy atom. The van der Waals surface area contributed by atoms with Gasteiger partial charge in [0.25, 0.3) is 0 Å². The molecule has 0 bridgehead atoms. The Morgan fingerprint density at radius 2 is 1.91 bits per heavy atom. The molecule has 3 aromatic rings. The van der Waals surface area contributed by atoms with E-state index in [9.17, 15) is 4.79 Å². The number of aromatic nitrogens is 2. The number of hydrogen-bond acceptors (Lipinski definition) is 8. The average molecular weight is 493 g/mol. The standard InChI is InChI=1S/C26H32N6O2S/c1-5-25(33)29-24-17-22(9-10-27-24)35-26-23(34-21-8-6-7-19(15-21)30(2)3)16-20(18-28-26)32-13-11-31(4)12-14-32/h6-10,15-18H,5,11-14H2,1-4H3,(H,27,29,33). The van der Waals surface area contributed by atoms with E-state index in [0.717, 1.165) is 53.2 Å². The molecule has 184 valence electrons. The first-order valence-corrected chi connectivity index (χ1v) is 12.6. The second kappa shape index (κ2) is 11.4. The van der Waals surface area contributed by atoms with Crippen LogP contribution in [0.3, 0.4) is 0 Å². The number of nitrogens with one attached hydrogen (secondary N) is 1. The van der Waals surface area contributed by atoms with Crippen LogP contribution in [0.2, 0.25) is 0 Å². The lowest BCUT2D eigenvalue weighted by Gasteiger charge is -2.34. The Labute approximate surface area is 211 Å². The van der Waals surface area contributed by atoms with Gasteiger partial charge >= 0.3 is 0 Å². The van der Waals surface area contributed by atoms with Gasteiger partial charge in [-0.05, 0) is 31.3 Å². The van der Waals surface area contributed by atoms with Gasteiger partial charge in [-0.1, -0.05) is 24.8 Å². The maximum Gasteiger partial charge on any atom is 0.225 e. The van der Waals surface area contributed by atoms with Crippen LogP contribution in [0.15, 0.2) is 64.8 Å². The minimum absolute atomic E-state index is 0.0703. The van der Waals surface area contributed by atoms with Crippen molar-refractivity contribution in [3.63, 3.8) is 0 Å². The van der Waals surface area contributed by atoms with Crippen LogP contribution in [0.1, 0.15) is 13.3 Å². The molecule has 0 spiro atoms. The average Bonchev–Trinajstić information content (AvgIpc) is 2.86. The third-order valence-electron chi connectivity index (χ3n) is 5.77.